The maximum Gasteiger partial charge on any atom is 0.275 e. The lowest BCUT2D eigenvalue weighted by molar-refractivity contribution is 0.102. The van der Waals surface area contributed by atoms with E-state index in [9.17, 15) is 9.18 Å². The van der Waals surface area contributed by atoms with Crippen molar-refractivity contribution in [3.8, 4) is 11.1 Å². The van der Waals surface area contributed by atoms with Crippen molar-refractivity contribution in [3.05, 3.63) is 60.1 Å². The number of anilines is 1. The van der Waals surface area contributed by atoms with E-state index in [1.165, 1.54) is 6.07 Å². The summed E-state index contributed by atoms with van der Waals surface area (Å²) >= 11 is 0. The Balaban J connectivity index is 0.00000259. The molecule has 3 aromatic rings. The SMILES string of the molecule is CC(C)N1NNN=C1c1cccc(NC(=O)c2cc(-c3cnn(C4CC4)c3)c(F)cn2)n1.[HH]. The average Bonchev–Trinajstić information content (AvgIpc) is 3.31. The lowest BCUT2D eigenvalue weighted by Gasteiger charge is -2.22. The summed E-state index contributed by atoms with van der Waals surface area (Å²) in [7, 11) is 0. The number of hydrazine groups is 2. The molecule has 0 bridgehead atoms. The van der Waals surface area contributed by atoms with Crippen LogP contribution in [0.5, 0.6) is 0 Å². The van der Waals surface area contributed by atoms with E-state index >= 15 is 0 Å². The highest BCUT2D eigenvalue weighted by Gasteiger charge is 2.25. The second kappa shape index (κ2) is 8.00. The first-order valence-electron chi connectivity index (χ1n) is 10.4. The van der Waals surface area contributed by atoms with Crippen molar-refractivity contribution in [2.75, 3.05) is 5.32 Å². The van der Waals surface area contributed by atoms with Gasteiger partial charge in [0.15, 0.2) is 5.84 Å². The minimum absolute atomic E-state index is 0. The molecule has 4 heterocycles. The predicted octanol–water partition coefficient (Wildman–Crippen LogP) is 2.71. The van der Waals surface area contributed by atoms with E-state index in [0.717, 1.165) is 19.0 Å². The van der Waals surface area contributed by atoms with E-state index in [2.05, 4.69) is 36.6 Å². The first-order chi connectivity index (χ1) is 15.5. The normalized spacial score (nSPS) is 15.6. The number of hydrogen-bond donors (Lipinski definition) is 3. The highest BCUT2D eigenvalue weighted by Crippen LogP contribution is 2.35. The number of hydrazone groups is 1. The number of carbonyl (C=O) groups is 1. The van der Waals surface area contributed by atoms with E-state index < -0.39 is 11.7 Å². The van der Waals surface area contributed by atoms with Gasteiger partial charge in [-0.05, 0) is 44.9 Å². The molecule has 0 radical (unpaired) electrons. The van der Waals surface area contributed by atoms with Gasteiger partial charge in [0.05, 0.1) is 18.4 Å². The number of hydrogen-bond acceptors (Lipinski definition) is 8. The van der Waals surface area contributed by atoms with Gasteiger partial charge in [0.1, 0.15) is 23.0 Å². The Bertz CT molecular complexity index is 1210. The van der Waals surface area contributed by atoms with Crippen LogP contribution in [0.4, 0.5) is 10.2 Å². The van der Waals surface area contributed by atoms with Crippen LogP contribution in [0.25, 0.3) is 11.1 Å². The molecular formula is C21H24FN9O. The third-order valence-electron chi connectivity index (χ3n) is 5.22. The predicted molar refractivity (Wildman–Crippen MR) is 118 cm³/mol. The summed E-state index contributed by atoms with van der Waals surface area (Å²) in [5, 5.41) is 13.1. The van der Waals surface area contributed by atoms with Gasteiger partial charge in [-0.15, -0.1) is 10.6 Å². The Kier molecular flexibility index (Phi) is 5.02. The number of halogens is 1. The number of nitrogens with zero attached hydrogens (tertiary/aromatic N) is 6. The van der Waals surface area contributed by atoms with Gasteiger partial charge in [-0.1, -0.05) is 6.07 Å². The Morgan fingerprint density at radius 1 is 1.31 bits per heavy atom. The number of pyridine rings is 2. The summed E-state index contributed by atoms with van der Waals surface area (Å²) < 4.78 is 16.3. The zero-order chi connectivity index (χ0) is 22.2. The molecule has 3 aromatic heterocycles. The number of nitrogens with one attached hydrogen (secondary N) is 3. The zero-order valence-corrected chi connectivity index (χ0v) is 17.6. The van der Waals surface area contributed by atoms with Crippen LogP contribution in [0.15, 0.2) is 48.0 Å². The van der Waals surface area contributed by atoms with E-state index in [0.29, 0.717) is 29.0 Å². The van der Waals surface area contributed by atoms with E-state index in [1.54, 1.807) is 30.6 Å². The molecule has 0 saturated heterocycles. The second-order valence-electron chi connectivity index (χ2n) is 7.97. The molecule has 5 rings (SSSR count). The van der Waals surface area contributed by atoms with Crippen molar-refractivity contribution in [1.29, 1.82) is 0 Å². The van der Waals surface area contributed by atoms with Crippen molar-refractivity contribution in [2.45, 2.75) is 38.8 Å². The van der Waals surface area contributed by atoms with Crippen LogP contribution in [0, 0.1) is 5.82 Å². The summed E-state index contributed by atoms with van der Waals surface area (Å²) in [5.74, 6) is -0.0631. The standard InChI is InChI=1S/C21H22FN9O.H2/c1-12(2)31-20(27-28-29-31)17-4-3-5-19(25-17)26-21(32)18-8-15(16(22)10-23-18)13-9-24-30(11-13)14-6-7-14;/h3-5,8-12,14,28-29H,6-7H2,1-2H3,(H,25,26,32);1H. The van der Waals surface area contributed by atoms with Gasteiger partial charge in [0, 0.05) is 24.8 Å². The Morgan fingerprint density at radius 2 is 2.16 bits per heavy atom. The van der Waals surface area contributed by atoms with Gasteiger partial charge in [-0.2, -0.15) is 5.10 Å². The lowest BCUT2D eigenvalue weighted by atomic mass is 10.1. The average molecular weight is 437 g/mol. The Morgan fingerprint density at radius 3 is 2.94 bits per heavy atom. The van der Waals surface area contributed by atoms with E-state index in [-0.39, 0.29) is 18.7 Å². The van der Waals surface area contributed by atoms with Crippen molar-refractivity contribution in [2.24, 2.45) is 5.10 Å². The summed E-state index contributed by atoms with van der Waals surface area (Å²) in [6, 6.07) is 7.18. The van der Waals surface area contributed by atoms with Gasteiger partial charge in [0.25, 0.3) is 5.91 Å². The monoisotopic (exact) mass is 437 g/mol. The molecule has 166 valence electrons. The van der Waals surface area contributed by atoms with Crippen molar-refractivity contribution >= 4 is 17.6 Å². The number of amidine groups is 1. The molecular weight excluding hydrogens is 413 g/mol. The molecule has 1 fully saturated rings. The topological polar surface area (TPSA) is 112 Å². The Labute approximate surface area is 185 Å². The molecule has 1 aliphatic carbocycles. The third-order valence-corrected chi connectivity index (χ3v) is 5.22. The molecule has 2 aliphatic rings. The summed E-state index contributed by atoms with van der Waals surface area (Å²) in [4.78, 5) is 21.3. The molecule has 11 heteroatoms. The first-order valence-corrected chi connectivity index (χ1v) is 10.4. The van der Waals surface area contributed by atoms with Crippen LogP contribution in [-0.2, 0) is 0 Å². The quantitative estimate of drug-likeness (QED) is 0.544. The first kappa shape index (κ1) is 20.1. The van der Waals surface area contributed by atoms with Crippen LogP contribution in [0.1, 0.15) is 50.3 Å². The Hall–Kier alpha value is -3.86. The molecule has 1 saturated carbocycles. The van der Waals surface area contributed by atoms with E-state index in [4.69, 9.17) is 0 Å². The molecule has 0 atom stereocenters. The highest BCUT2D eigenvalue weighted by molar-refractivity contribution is 6.03. The van der Waals surface area contributed by atoms with Gasteiger partial charge >= 0.3 is 0 Å². The maximum atomic E-state index is 14.4. The van der Waals surface area contributed by atoms with Gasteiger partial charge in [-0.3, -0.25) is 14.5 Å². The number of carbonyl (C=O) groups excluding carboxylic acids is 1. The molecule has 1 aliphatic heterocycles. The van der Waals surface area contributed by atoms with Crippen LogP contribution in [0.3, 0.4) is 0 Å². The number of rotatable bonds is 6. The molecule has 1 amide bonds. The van der Waals surface area contributed by atoms with Crippen LogP contribution in [-0.4, -0.2) is 42.5 Å². The zero-order valence-electron chi connectivity index (χ0n) is 17.6. The molecule has 10 nitrogen and oxygen atoms in total. The highest BCUT2D eigenvalue weighted by atomic mass is 19.1. The number of amides is 1. The van der Waals surface area contributed by atoms with Crippen LogP contribution < -0.4 is 16.4 Å². The number of aromatic nitrogens is 4. The van der Waals surface area contributed by atoms with Crippen molar-refractivity contribution < 1.29 is 10.6 Å². The van der Waals surface area contributed by atoms with Crippen LogP contribution in [0.2, 0.25) is 0 Å². The fourth-order valence-corrected chi connectivity index (χ4v) is 3.40. The minimum atomic E-state index is -0.509. The van der Waals surface area contributed by atoms with Crippen LogP contribution >= 0.6 is 0 Å². The molecule has 0 aromatic carbocycles. The fourth-order valence-electron chi connectivity index (χ4n) is 3.40. The van der Waals surface area contributed by atoms with Gasteiger partial charge in [0.2, 0.25) is 0 Å². The molecule has 32 heavy (non-hydrogen) atoms. The smallest absolute Gasteiger partial charge is 0.275 e. The fraction of sp³-hybridized carbons (Fsp3) is 0.286. The molecule has 0 unspecified atom stereocenters. The lowest BCUT2D eigenvalue weighted by Crippen LogP contribution is -2.45. The summed E-state index contributed by atoms with van der Waals surface area (Å²) in [6.07, 6.45) is 6.61. The van der Waals surface area contributed by atoms with Gasteiger partial charge in [-0.25, -0.2) is 19.9 Å². The third kappa shape index (κ3) is 3.89. The van der Waals surface area contributed by atoms with Crippen molar-refractivity contribution in [3.63, 3.8) is 0 Å². The molecule has 3 N–H and O–H groups in total. The largest absolute Gasteiger partial charge is 0.305 e. The maximum absolute atomic E-state index is 14.4. The van der Waals surface area contributed by atoms with Crippen molar-refractivity contribution in [1.82, 2.24) is 35.8 Å². The summed E-state index contributed by atoms with van der Waals surface area (Å²) in [5.41, 5.74) is 7.19. The molecule has 0 spiro atoms. The minimum Gasteiger partial charge on any atom is -0.305 e. The van der Waals surface area contributed by atoms with Gasteiger partial charge < -0.3 is 5.32 Å². The van der Waals surface area contributed by atoms with E-state index in [1.807, 2.05) is 23.5 Å². The summed E-state index contributed by atoms with van der Waals surface area (Å²) in [6.45, 7) is 4.01. The second-order valence-corrected chi connectivity index (χ2v) is 7.97.